The van der Waals surface area contributed by atoms with E-state index in [1.54, 1.807) is 7.11 Å². The second-order valence-corrected chi connectivity index (χ2v) is 5.47. The lowest BCUT2D eigenvalue weighted by Crippen LogP contribution is -2.31. The lowest BCUT2D eigenvalue weighted by Gasteiger charge is -2.27. The molecule has 102 valence electrons. The molecule has 0 N–H and O–H groups in total. The SMILES string of the molecule is C=CCC1CCCC/C1=N\N1CCC[C@H]1COC. The van der Waals surface area contributed by atoms with Gasteiger partial charge in [-0.1, -0.05) is 12.5 Å². The maximum atomic E-state index is 5.29. The van der Waals surface area contributed by atoms with Gasteiger partial charge in [0.1, 0.15) is 0 Å². The Morgan fingerprint density at radius 1 is 1.39 bits per heavy atom. The third kappa shape index (κ3) is 3.35. The molecule has 18 heavy (non-hydrogen) atoms. The number of hydrogen-bond donors (Lipinski definition) is 0. The number of rotatable bonds is 5. The van der Waals surface area contributed by atoms with Gasteiger partial charge in [0.25, 0.3) is 0 Å². The largest absolute Gasteiger partial charge is 0.382 e. The van der Waals surface area contributed by atoms with Crippen LogP contribution in [0.15, 0.2) is 17.8 Å². The predicted octanol–water partition coefficient (Wildman–Crippen LogP) is 3.22. The summed E-state index contributed by atoms with van der Waals surface area (Å²) in [6.07, 6.45) is 10.7. The van der Waals surface area contributed by atoms with Crippen LogP contribution in [0.4, 0.5) is 0 Å². The number of ether oxygens (including phenoxy) is 1. The van der Waals surface area contributed by atoms with Gasteiger partial charge in [-0.2, -0.15) is 5.10 Å². The molecule has 1 heterocycles. The van der Waals surface area contributed by atoms with E-state index in [1.165, 1.54) is 44.2 Å². The fourth-order valence-corrected chi connectivity index (χ4v) is 3.13. The Morgan fingerprint density at radius 2 is 2.28 bits per heavy atom. The van der Waals surface area contributed by atoms with Gasteiger partial charge in [-0.25, -0.2) is 0 Å². The van der Waals surface area contributed by atoms with E-state index in [-0.39, 0.29) is 0 Å². The highest BCUT2D eigenvalue weighted by molar-refractivity contribution is 5.87. The van der Waals surface area contributed by atoms with Gasteiger partial charge in [-0.3, -0.25) is 5.01 Å². The molecule has 1 saturated heterocycles. The highest BCUT2D eigenvalue weighted by Gasteiger charge is 2.26. The van der Waals surface area contributed by atoms with Gasteiger partial charge >= 0.3 is 0 Å². The van der Waals surface area contributed by atoms with Crippen molar-refractivity contribution in [3.05, 3.63) is 12.7 Å². The van der Waals surface area contributed by atoms with Crippen molar-refractivity contribution in [3.63, 3.8) is 0 Å². The summed E-state index contributed by atoms with van der Waals surface area (Å²) >= 11 is 0. The third-order valence-corrected chi connectivity index (χ3v) is 4.12. The van der Waals surface area contributed by atoms with Gasteiger partial charge in [0.2, 0.25) is 0 Å². The number of methoxy groups -OCH3 is 1. The van der Waals surface area contributed by atoms with E-state index in [9.17, 15) is 0 Å². The van der Waals surface area contributed by atoms with Crippen molar-refractivity contribution >= 4 is 5.71 Å². The number of hydrogen-bond acceptors (Lipinski definition) is 3. The van der Waals surface area contributed by atoms with Crippen LogP contribution in [0.2, 0.25) is 0 Å². The van der Waals surface area contributed by atoms with Crippen molar-refractivity contribution < 1.29 is 4.74 Å². The van der Waals surface area contributed by atoms with Crippen LogP contribution >= 0.6 is 0 Å². The zero-order valence-electron chi connectivity index (χ0n) is 11.6. The quantitative estimate of drug-likeness (QED) is 0.700. The van der Waals surface area contributed by atoms with Crippen LogP contribution in [0.5, 0.6) is 0 Å². The molecule has 1 saturated carbocycles. The average molecular weight is 250 g/mol. The molecule has 2 fully saturated rings. The van der Waals surface area contributed by atoms with Crippen LogP contribution in [-0.2, 0) is 4.74 Å². The second-order valence-electron chi connectivity index (χ2n) is 5.47. The molecule has 0 radical (unpaired) electrons. The number of hydrazone groups is 1. The molecule has 0 spiro atoms. The van der Waals surface area contributed by atoms with E-state index in [0.29, 0.717) is 12.0 Å². The van der Waals surface area contributed by atoms with Crippen molar-refractivity contribution in [2.75, 3.05) is 20.3 Å². The Morgan fingerprint density at radius 3 is 3.06 bits per heavy atom. The molecule has 1 unspecified atom stereocenters. The molecule has 0 amide bonds. The van der Waals surface area contributed by atoms with Crippen molar-refractivity contribution in [2.45, 2.75) is 51.0 Å². The minimum Gasteiger partial charge on any atom is -0.382 e. The lowest BCUT2D eigenvalue weighted by molar-refractivity contribution is 0.117. The van der Waals surface area contributed by atoms with Gasteiger partial charge in [0, 0.05) is 25.3 Å². The average Bonchev–Trinajstić information content (AvgIpc) is 2.80. The van der Waals surface area contributed by atoms with Gasteiger partial charge < -0.3 is 4.74 Å². The summed E-state index contributed by atoms with van der Waals surface area (Å²) in [5.74, 6) is 0.639. The zero-order chi connectivity index (χ0) is 12.8. The van der Waals surface area contributed by atoms with Crippen molar-refractivity contribution in [1.82, 2.24) is 5.01 Å². The van der Waals surface area contributed by atoms with Crippen LogP contribution in [0.25, 0.3) is 0 Å². The lowest BCUT2D eigenvalue weighted by atomic mass is 9.85. The zero-order valence-corrected chi connectivity index (χ0v) is 11.6. The van der Waals surface area contributed by atoms with Gasteiger partial charge in [-0.05, 0) is 38.5 Å². The molecule has 0 aromatic carbocycles. The van der Waals surface area contributed by atoms with E-state index in [0.717, 1.165) is 19.6 Å². The van der Waals surface area contributed by atoms with E-state index in [2.05, 4.69) is 11.6 Å². The fourth-order valence-electron chi connectivity index (χ4n) is 3.13. The van der Waals surface area contributed by atoms with Gasteiger partial charge in [-0.15, -0.1) is 6.58 Å². The first-order valence-corrected chi connectivity index (χ1v) is 7.29. The normalized spacial score (nSPS) is 30.9. The first kappa shape index (κ1) is 13.6. The molecule has 0 aromatic rings. The molecule has 2 aliphatic rings. The minimum absolute atomic E-state index is 0.494. The third-order valence-electron chi connectivity index (χ3n) is 4.12. The number of nitrogens with zero attached hydrogens (tertiary/aromatic N) is 2. The molecule has 1 aliphatic heterocycles. The van der Waals surface area contributed by atoms with Crippen LogP contribution in [0.3, 0.4) is 0 Å². The molecule has 0 bridgehead atoms. The van der Waals surface area contributed by atoms with E-state index in [1.807, 2.05) is 6.08 Å². The summed E-state index contributed by atoms with van der Waals surface area (Å²) in [4.78, 5) is 0. The topological polar surface area (TPSA) is 24.8 Å². The van der Waals surface area contributed by atoms with Crippen molar-refractivity contribution in [3.8, 4) is 0 Å². The standard InChI is InChI=1S/C15H26N2O/c1-3-7-13-8-4-5-10-15(13)16-17-11-6-9-14(17)12-18-2/h3,13-14H,1,4-12H2,2H3/b16-15+/t13?,14-/m0/s1. The molecule has 2 rings (SSSR count). The molecule has 3 heteroatoms. The van der Waals surface area contributed by atoms with E-state index in [4.69, 9.17) is 9.84 Å². The molecular weight excluding hydrogens is 224 g/mol. The summed E-state index contributed by atoms with van der Waals surface area (Å²) in [5, 5.41) is 7.24. The molecular formula is C15H26N2O. The molecule has 2 atom stereocenters. The first-order chi connectivity index (χ1) is 8.85. The van der Waals surface area contributed by atoms with Crippen molar-refractivity contribution in [2.24, 2.45) is 11.0 Å². The van der Waals surface area contributed by atoms with Crippen LogP contribution in [0.1, 0.15) is 44.9 Å². The van der Waals surface area contributed by atoms with Crippen molar-refractivity contribution in [1.29, 1.82) is 0 Å². The summed E-state index contributed by atoms with van der Waals surface area (Å²) < 4.78 is 5.29. The van der Waals surface area contributed by atoms with Gasteiger partial charge in [0.15, 0.2) is 0 Å². The van der Waals surface area contributed by atoms with E-state index < -0.39 is 0 Å². The molecule has 3 nitrogen and oxygen atoms in total. The Labute approximate surface area is 111 Å². The first-order valence-electron chi connectivity index (χ1n) is 7.29. The Kier molecular flexibility index (Phi) is 5.24. The minimum atomic E-state index is 0.494. The smallest absolute Gasteiger partial charge is 0.0704 e. The monoisotopic (exact) mass is 250 g/mol. The Balaban J connectivity index is 2.02. The summed E-state index contributed by atoms with van der Waals surface area (Å²) in [6.45, 7) is 5.78. The second kappa shape index (κ2) is 6.93. The molecule has 1 aliphatic carbocycles. The number of allylic oxidation sites excluding steroid dienone is 1. The summed E-state index contributed by atoms with van der Waals surface area (Å²) in [6, 6.07) is 0.494. The summed E-state index contributed by atoms with van der Waals surface area (Å²) in [7, 11) is 1.78. The highest BCUT2D eigenvalue weighted by atomic mass is 16.5. The van der Waals surface area contributed by atoms with Crippen LogP contribution < -0.4 is 0 Å². The fraction of sp³-hybridized carbons (Fsp3) is 0.800. The molecule has 0 aromatic heterocycles. The Bertz CT molecular complexity index is 301. The predicted molar refractivity (Wildman–Crippen MR) is 75.8 cm³/mol. The van der Waals surface area contributed by atoms with Crippen LogP contribution in [0, 0.1) is 5.92 Å². The summed E-state index contributed by atoms with van der Waals surface area (Å²) in [5.41, 5.74) is 1.41. The highest BCUT2D eigenvalue weighted by Crippen LogP contribution is 2.27. The van der Waals surface area contributed by atoms with Gasteiger partial charge in [0.05, 0.1) is 12.6 Å². The van der Waals surface area contributed by atoms with E-state index >= 15 is 0 Å². The Hall–Kier alpha value is -0.830. The van der Waals surface area contributed by atoms with Crippen LogP contribution in [-0.4, -0.2) is 37.0 Å². The maximum Gasteiger partial charge on any atom is 0.0704 e. The maximum absolute atomic E-state index is 5.29.